The lowest BCUT2D eigenvalue weighted by Crippen LogP contribution is -2.16. The van der Waals surface area contributed by atoms with Gasteiger partial charge >= 0.3 is 0 Å². The van der Waals surface area contributed by atoms with E-state index in [1.165, 1.54) is 0 Å². The molecule has 0 radical (unpaired) electrons. The average Bonchev–Trinajstić information content (AvgIpc) is 2.67. The van der Waals surface area contributed by atoms with Crippen molar-refractivity contribution in [1.82, 2.24) is 4.98 Å². The Bertz CT molecular complexity index is 900. The molecule has 2 aromatic carbocycles. The molecule has 142 valence electrons. The number of anilines is 1. The molecule has 0 amide bonds. The van der Waals surface area contributed by atoms with Crippen molar-refractivity contribution in [2.24, 2.45) is 5.73 Å². The average molecular weight is 402 g/mol. The number of rotatable bonds is 8. The van der Waals surface area contributed by atoms with Crippen LogP contribution in [0.3, 0.4) is 0 Å². The number of halogens is 1. The number of pyridine rings is 1. The molecule has 3 rings (SSSR count). The van der Waals surface area contributed by atoms with Gasteiger partial charge in [0.25, 0.3) is 0 Å². The molecule has 1 heterocycles. The van der Waals surface area contributed by atoms with Gasteiger partial charge in [-0.05, 0) is 56.2 Å². The largest absolute Gasteiger partial charge is 0.495 e. The van der Waals surface area contributed by atoms with E-state index < -0.39 is 0 Å². The number of hydrogen-bond acceptors (Lipinski definition) is 5. The maximum Gasteiger partial charge on any atom is 0.135 e. The van der Waals surface area contributed by atoms with Crippen LogP contribution in [0.5, 0.6) is 5.75 Å². The summed E-state index contributed by atoms with van der Waals surface area (Å²) in [4.78, 5) is 6.75. The Morgan fingerprint density at radius 2 is 2.04 bits per heavy atom. The quantitative estimate of drug-likeness (QED) is 0.482. The molecule has 0 spiro atoms. The topological polar surface area (TPSA) is 60.2 Å². The Morgan fingerprint density at radius 1 is 1.26 bits per heavy atom. The Labute approximate surface area is 169 Å². The third kappa shape index (κ3) is 5.06. The van der Waals surface area contributed by atoms with Crippen LogP contribution < -0.4 is 15.8 Å². The maximum atomic E-state index is 6.01. The van der Waals surface area contributed by atoms with Crippen molar-refractivity contribution < 1.29 is 4.74 Å². The second-order valence-electron chi connectivity index (χ2n) is 6.46. The van der Waals surface area contributed by atoms with Gasteiger partial charge in [-0.3, -0.25) is 4.98 Å². The first kappa shape index (κ1) is 19.8. The van der Waals surface area contributed by atoms with Crippen LogP contribution in [0.15, 0.2) is 58.5 Å². The second-order valence-corrected chi connectivity index (χ2v) is 7.98. The molecule has 6 heteroatoms. The van der Waals surface area contributed by atoms with Gasteiger partial charge in [0.2, 0.25) is 0 Å². The molecule has 0 saturated carbocycles. The van der Waals surface area contributed by atoms with Gasteiger partial charge in [0.1, 0.15) is 5.75 Å². The number of benzene rings is 2. The Hall–Kier alpha value is -1.95. The lowest BCUT2D eigenvalue weighted by molar-refractivity contribution is 0.406. The van der Waals surface area contributed by atoms with Crippen LogP contribution in [-0.4, -0.2) is 24.7 Å². The molecular formula is C21H24ClN3OS. The number of ether oxygens (including phenoxy) is 1. The predicted molar refractivity (Wildman–Crippen MR) is 115 cm³/mol. The highest BCUT2D eigenvalue weighted by molar-refractivity contribution is 7.99. The Balaban J connectivity index is 1.94. The smallest absolute Gasteiger partial charge is 0.135 e. The van der Waals surface area contributed by atoms with Gasteiger partial charge < -0.3 is 15.8 Å². The fourth-order valence-corrected chi connectivity index (χ4v) is 4.01. The van der Waals surface area contributed by atoms with Gasteiger partial charge in [-0.25, -0.2) is 0 Å². The molecule has 3 aromatic rings. The zero-order valence-electron chi connectivity index (χ0n) is 15.5. The van der Waals surface area contributed by atoms with Crippen LogP contribution >= 0.6 is 23.4 Å². The van der Waals surface area contributed by atoms with Gasteiger partial charge in [0.15, 0.2) is 0 Å². The van der Waals surface area contributed by atoms with E-state index in [-0.39, 0.29) is 6.04 Å². The van der Waals surface area contributed by atoms with Crippen molar-refractivity contribution in [3.63, 3.8) is 0 Å². The molecule has 0 fully saturated rings. The monoisotopic (exact) mass is 401 g/mol. The standard InChI is InChI=1S/C21H24ClN3OS/c1-14(23)5-3-11-24-18-13-19(26-2)21(17-6-4-12-25-20(17)18)27-16-9-7-15(22)8-10-16/h4,6-10,12-14,24H,3,5,11,23H2,1-2H3. The second kappa shape index (κ2) is 9.31. The summed E-state index contributed by atoms with van der Waals surface area (Å²) in [5.41, 5.74) is 7.76. The third-order valence-corrected chi connectivity index (χ3v) is 5.60. The molecule has 1 atom stereocenters. The van der Waals surface area contributed by atoms with E-state index in [9.17, 15) is 0 Å². The first-order chi connectivity index (χ1) is 13.1. The molecule has 0 aliphatic rings. The van der Waals surface area contributed by atoms with E-state index in [0.717, 1.165) is 56.5 Å². The molecule has 27 heavy (non-hydrogen) atoms. The van der Waals surface area contributed by atoms with E-state index >= 15 is 0 Å². The Kier molecular flexibility index (Phi) is 6.83. The van der Waals surface area contributed by atoms with Crippen LogP contribution in [0.25, 0.3) is 10.9 Å². The molecule has 4 nitrogen and oxygen atoms in total. The van der Waals surface area contributed by atoms with Crippen molar-refractivity contribution in [1.29, 1.82) is 0 Å². The van der Waals surface area contributed by atoms with Gasteiger partial charge in [0, 0.05) is 40.2 Å². The number of hydrogen-bond donors (Lipinski definition) is 2. The highest BCUT2D eigenvalue weighted by Crippen LogP contribution is 2.43. The first-order valence-electron chi connectivity index (χ1n) is 8.97. The summed E-state index contributed by atoms with van der Waals surface area (Å²) in [6.07, 6.45) is 3.81. The van der Waals surface area contributed by atoms with E-state index in [1.807, 2.05) is 49.5 Å². The van der Waals surface area contributed by atoms with Crippen LogP contribution in [0.2, 0.25) is 5.02 Å². The van der Waals surface area contributed by atoms with Crippen molar-refractivity contribution in [2.45, 2.75) is 35.6 Å². The minimum atomic E-state index is 0.217. The van der Waals surface area contributed by atoms with Gasteiger partial charge in [0.05, 0.1) is 23.2 Å². The lowest BCUT2D eigenvalue weighted by atomic mass is 10.1. The highest BCUT2D eigenvalue weighted by atomic mass is 35.5. The maximum absolute atomic E-state index is 6.01. The number of nitrogens with two attached hydrogens (primary N) is 1. The fraction of sp³-hybridized carbons (Fsp3) is 0.286. The number of methoxy groups -OCH3 is 1. The number of nitrogens with zero attached hydrogens (tertiary/aromatic N) is 1. The lowest BCUT2D eigenvalue weighted by Gasteiger charge is -2.16. The number of fused-ring (bicyclic) bond motifs is 1. The van der Waals surface area contributed by atoms with E-state index in [2.05, 4.69) is 16.4 Å². The summed E-state index contributed by atoms with van der Waals surface area (Å²) in [6.45, 7) is 2.88. The summed E-state index contributed by atoms with van der Waals surface area (Å²) in [6, 6.07) is 14.1. The van der Waals surface area contributed by atoms with Crippen molar-refractivity contribution in [3.05, 3.63) is 53.7 Å². The van der Waals surface area contributed by atoms with E-state index in [4.69, 9.17) is 22.1 Å². The minimum absolute atomic E-state index is 0.217. The summed E-state index contributed by atoms with van der Waals surface area (Å²) in [7, 11) is 1.70. The zero-order valence-corrected chi connectivity index (χ0v) is 17.1. The highest BCUT2D eigenvalue weighted by Gasteiger charge is 2.15. The fourth-order valence-electron chi connectivity index (χ4n) is 2.86. The third-order valence-electron chi connectivity index (χ3n) is 4.21. The number of aromatic nitrogens is 1. The first-order valence-corrected chi connectivity index (χ1v) is 10.2. The molecule has 0 saturated heterocycles. The van der Waals surface area contributed by atoms with Crippen molar-refractivity contribution in [2.75, 3.05) is 19.0 Å². The zero-order chi connectivity index (χ0) is 19.2. The number of nitrogens with one attached hydrogen (secondary N) is 1. The van der Waals surface area contributed by atoms with Gasteiger partial charge in [-0.1, -0.05) is 23.4 Å². The van der Waals surface area contributed by atoms with Crippen LogP contribution in [-0.2, 0) is 0 Å². The van der Waals surface area contributed by atoms with Crippen LogP contribution in [0, 0.1) is 0 Å². The summed E-state index contributed by atoms with van der Waals surface area (Å²) < 4.78 is 5.70. The van der Waals surface area contributed by atoms with Crippen LogP contribution in [0.4, 0.5) is 5.69 Å². The summed E-state index contributed by atoms with van der Waals surface area (Å²) in [5.74, 6) is 0.824. The SMILES string of the molecule is COc1cc(NCCCC(C)N)c2ncccc2c1Sc1ccc(Cl)cc1. The predicted octanol–water partition coefficient (Wildman–Crippen LogP) is 5.59. The Morgan fingerprint density at radius 3 is 2.74 bits per heavy atom. The van der Waals surface area contributed by atoms with E-state index in [0.29, 0.717) is 0 Å². The molecule has 0 aliphatic carbocycles. The summed E-state index contributed by atoms with van der Waals surface area (Å²) in [5, 5.41) is 5.28. The molecule has 1 aromatic heterocycles. The molecule has 0 bridgehead atoms. The van der Waals surface area contributed by atoms with Gasteiger partial charge in [-0.2, -0.15) is 0 Å². The van der Waals surface area contributed by atoms with Crippen LogP contribution in [0.1, 0.15) is 19.8 Å². The molecule has 1 unspecified atom stereocenters. The molecule has 0 aliphatic heterocycles. The van der Waals surface area contributed by atoms with Crippen molar-refractivity contribution in [3.8, 4) is 5.75 Å². The van der Waals surface area contributed by atoms with Crippen molar-refractivity contribution >= 4 is 40.0 Å². The summed E-state index contributed by atoms with van der Waals surface area (Å²) >= 11 is 7.66. The minimum Gasteiger partial charge on any atom is -0.495 e. The van der Waals surface area contributed by atoms with E-state index in [1.54, 1.807) is 18.9 Å². The normalized spacial score (nSPS) is 12.1. The molecule has 3 N–H and O–H groups in total. The molecular weight excluding hydrogens is 378 g/mol. The van der Waals surface area contributed by atoms with Gasteiger partial charge in [-0.15, -0.1) is 0 Å².